The van der Waals surface area contributed by atoms with Crippen molar-refractivity contribution in [1.29, 1.82) is 0 Å². The normalized spacial score (nSPS) is 21.1. The highest BCUT2D eigenvalue weighted by atomic mass is 16.5. The molecule has 1 aliphatic rings. The van der Waals surface area contributed by atoms with Crippen LogP contribution in [0.3, 0.4) is 0 Å². The molecule has 0 aromatic rings. The van der Waals surface area contributed by atoms with Crippen LogP contribution in [-0.4, -0.2) is 25.2 Å². The van der Waals surface area contributed by atoms with Gasteiger partial charge in [-0.1, -0.05) is 115 Å². The molecule has 0 aliphatic carbocycles. The van der Waals surface area contributed by atoms with E-state index < -0.39 is 0 Å². The molecule has 4 heteroatoms. The number of carbonyl (C=O) groups is 2. The van der Waals surface area contributed by atoms with Crippen LogP contribution in [0.4, 0.5) is 0 Å². The zero-order valence-corrected chi connectivity index (χ0v) is 21.6. The van der Waals surface area contributed by atoms with Crippen LogP contribution in [0.25, 0.3) is 0 Å². The summed E-state index contributed by atoms with van der Waals surface area (Å²) in [6.45, 7) is 0.988. The lowest BCUT2D eigenvalue weighted by Gasteiger charge is -2.03. The maximum atomic E-state index is 11.7. The fourth-order valence-electron chi connectivity index (χ4n) is 4.13. The van der Waals surface area contributed by atoms with Gasteiger partial charge in [0.1, 0.15) is 0 Å². The summed E-state index contributed by atoms with van der Waals surface area (Å²) in [5.41, 5.74) is 0. The Balaban J connectivity index is 2.21. The molecule has 0 unspecified atom stereocenters. The van der Waals surface area contributed by atoms with Crippen LogP contribution in [0.15, 0.2) is 0 Å². The van der Waals surface area contributed by atoms with Crippen molar-refractivity contribution in [1.82, 2.24) is 0 Å². The molecule has 0 bridgehead atoms. The molecule has 0 N–H and O–H groups in total. The Morgan fingerprint density at radius 1 is 0.382 bits per heavy atom. The van der Waals surface area contributed by atoms with E-state index >= 15 is 0 Å². The molecule has 0 amide bonds. The van der Waals surface area contributed by atoms with Gasteiger partial charge in [0.15, 0.2) is 0 Å². The highest BCUT2D eigenvalue weighted by molar-refractivity contribution is 5.88. The number of cyclic esters (lactones) is 2. The Bertz CT molecular complexity index is 576. The SMILES string of the molecule is O=C1C#CCCCCCCCCCCCCOC(=O)C#CCCCCCCCCCCCCO1. The minimum absolute atomic E-state index is 0.366. The van der Waals surface area contributed by atoms with E-state index in [1.54, 1.807) is 0 Å². The molecule has 192 valence electrons. The van der Waals surface area contributed by atoms with Crippen LogP contribution in [0, 0.1) is 23.7 Å². The first kappa shape index (κ1) is 30.1. The Morgan fingerprint density at radius 3 is 0.971 bits per heavy atom. The Kier molecular flexibility index (Phi) is 21.4. The van der Waals surface area contributed by atoms with Gasteiger partial charge in [-0.3, -0.25) is 0 Å². The molecule has 1 heterocycles. The number of hydrogen-bond acceptors (Lipinski definition) is 4. The van der Waals surface area contributed by atoms with Crippen molar-refractivity contribution in [2.75, 3.05) is 13.2 Å². The van der Waals surface area contributed by atoms with Gasteiger partial charge in [0.2, 0.25) is 0 Å². The molecule has 1 rings (SSSR count). The van der Waals surface area contributed by atoms with Crippen LogP contribution in [0.1, 0.15) is 141 Å². The summed E-state index contributed by atoms with van der Waals surface area (Å²) in [6.07, 6.45) is 25.2. The van der Waals surface area contributed by atoms with Crippen molar-refractivity contribution < 1.29 is 19.1 Å². The fourth-order valence-corrected chi connectivity index (χ4v) is 4.13. The molecule has 0 aromatic heterocycles. The van der Waals surface area contributed by atoms with E-state index in [0.717, 1.165) is 51.4 Å². The first-order valence-electron chi connectivity index (χ1n) is 14.1. The number of carbonyl (C=O) groups excluding carboxylic acids is 2. The van der Waals surface area contributed by atoms with E-state index in [1.165, 1.54) is 89.9 Å². The van der Waals surface area contributed by atoms with E-state index in [1.807, 2.05) is 0 Å². The van der Waals surface area contributed by atoms with E-state index in [9.17, 15) is 9.59 Å². The molecule has 0 fully saturated rings. The minimum Gasteiger partial charge on any atom is -0.456 e. The molecule has 0 spiro atoms. The monoisotopic (exact) mass is 472 g/mol. The Labute approximate surface area is 209 Å². The van der Waals surface area contributed by atoms with E-state index in [4.69, 9.17) is 9.47 Å². The third-order valence-corrected chi connectivity index (χ3v) is 6.24. The van der Waals surface area contributed by atoms with Gasteiger partial charge in [-0.2, -0.15) is 0 Å². The lowest BCUT2D eigenvalue weighted by atomic mass is 10.1. The zero-order chi connectivity index (χ0) is 24.4. The lowest BCUT2D eigenvalue weighted by molar-refractivity contribution is -0.137. The summed E-state index contributed by atoms with van der Waals surface area (Å²) in [6, 6.07) is 0. The second-order valence-corrected chi connectivity index (χ2v) is 9.45. The number of ether oxygens (including phenoxy) is 2. The van der Waals surface area contributed by atoms with Crippen LogP contribution in [0.2, 0.25) is 0 Å². The van der Waals surface area contributed by atoms with Crippen molar-refractivity contribution >= 4 is 11.9 Å². The van der Waals surface area contributed by atoms with E-state index in [0.29, 0.717) is 13.2 Å². The van der Waals surface area contributed by atoms with Crippen molar-refractivity contribution in [3.05, 3.63) is 0 Å². The number of esters is 2. The molecular weight excluding hydrogens is 424 g/mol. The summed E-state index contributed by atoms with van der Waals surface area (Å²) in [5, 5.41) is 0. The Hall–Kier alpha value is -1.94. The topological polar surface area (TPSA) is 52.6 Å². The van der Waals surface area contributed by atoms with Crippen molar-refractivity contribution in [2.45, 2.75) is 141 Å². The molecule has 0 aromatic carbocycles. The largest absolute Gasteiger partial charge is 0.456 e. The molecule has 1 aliphatic heterocycles. The van der Waals surface area contributed by atoms with Crippen molar-refractivity contribution in [2.24, 2.45) is 0 Å². The maximum absolute atomic E-state index is 11.7. The summed E-state index contributed by atoms with van der Waals surface area (Å²) in [4.78, 5) is 23.3. The number of hydrogen-bond donors (Lipinski definition) is 0. The molecule has 0 saturated heterocycles. The predicted molar refractivity (Wildman–Crippen MR) is 139 cm³/mol. The zero-order valence-electron chi connectivity index (χ0n) is 21.6. The summed E-state index contributed by atoms with van der Waals surface area (Å²) in [7, 11) is 0. The van der Waals surface area contributed by atoms with Gasteiger partial charge in [-0.25, -0.2) is 9.59 Å². The van der Waals surface area contributed by atoms with E-state index in [2.05, 4.69) is 23.7 Å². The van der Waals surface area contributed by atoms with Crippen LogP contribution < -0.4 is 0 Å². The smallest absolute Gasteiger partial charge is 0.384 e. The molecule has 34 heavy (non-hydrogen) atoms. The highest BCUT2D eigenvalue weighted by Gasteiger charge is 1.99. The maximum Gasteiger partial charge on any atom is 0.384 e. The first-order chi connectivity index (χ1) is 16.8. The highest BCUT2D eigenvalue weighted by Crippen LogP contribution is 2.12. The first-order valence-corrected chi connectivity index (χ1v) is 14.1. The number of rotatable bonds is 0. The third-order valence-electron chi connectivity index (χ3n) is 6.24. The quantitative estimate of drug-likeness (QED) is 0.206. The fraction of sp³-hybridized carbons (Fsp3) is 0.800. The molecular formula is C30H48O4. The van der Waals surface area contributed by atoms with Gasteiger partial charge >= 0.3 is 11.9 Å². The van der Waals surface area contributed by atoms with Gasteiger partial charge in [-0.15, -0.1) is 0 Å². The van der Waals surface area contributed by atoms with Crippen LogP contribution in [-0.2, 0) is 19.1 Å². The molecule has 0 radical (unpaired) electrons. The van der Waals surface area contributed by atoms with Gasteiger partial charge in [-0.05, 0) is 25.7 Å². The van der Waals surface area contributed by atoms with Crippen LogP contribution >= 0.6 is 0 Å². The van der Waals surface area contributed by atoms with Gasteiger partial charge in [0, 0.05) is 24.7 Å². The summed E-state index contributed by atoms with van der Waals surface area (Å²) < 4.78 is 10.4. The predicted octanol–water partition coefficient (Wildman–Crippen LogP) is 7.68. The van der Waals surface area contributed by atoms with Gasteiger partial charge < -0.3 is 9.47 Å². The average molecular weight is 473 g/mol. The Morgan fingerprint density at radius 2 is 0.647 bits per heavy atom. The molecule has 4 nitrogen and oxygen atoms in total. The van der Waals surface area contributed by atoms with Gasteiger partial charge in [0.25, 0.3) is 0 Å². The van der Waals surface area contributed by atoms with E-state index in [-0.39, 0.29) is 11.9 Å². The lowest BCUT2D eigenvalue weighted by Crippen LogP contribution is -2.02. The minimum atomic E-state index is -0.366. The summed E-state index contributed by atoms with van der Waals surface area (Å²) >= 11 is 0. The third kappa shape index (κ3) is 21.9. The standard InChI is InChI=1S/C30H48O4/c31-29-25-21-17-13-9-5-1-3-7-11-15-19-23-27-33-30(32)26-22-18-14-10-6-2-4-8-12-16-20-24-28-34-29/h1-20,23-24,27-28H2. The van der Waals surface area contributed by atoms with Gasteiger partial charge in [0.05, 0.1) is 13.2 Å². The second kappa shape index (κ2) is 24.2. The van der Waals surface area contributed by atoms with Crippen LogP contribution in [0.5, 0.6) is 0 Å². The average Bonchev–Trinajstić information content (AvgIpc) is 2.83. The molecule has 0 saturated carbocycles. The molecule has 0 atom stereocenters. The summed E-state index contributed by atoms with van der Waals surface area (Å²) in [5.74, 6) is 10.4. The van der Waals surface area contributed by atoms with Crippen molar-refractivity contribution in [3.63, 3.8) is 0 Å². The van der Waals surface area contributed by atoms with Crippen molar-refractivity contribution in [3.8, 4) is 23.7 Å². The second-order valence-electron chi connectivity index (χ2n) is 9.45.